The molecule has 5 heteroatoms. The zero-order chi connectivity index (χ0) is 13.8. The van der Waals surface area contributed by atoms with E-state index in [9.17, 15) is 4.79 Å². The highest BCUT2D eigenvalue weighted by molar-refractivity contribution is 5.71. The fraction of sp³-hybridized carbons (Fsp3) is 0.923. The molecule has 0 amide bonds. The molecule has 0 N–H and O–H groups in total. The molecular weight excluding hydrogens is 234 g/mol. The number of carbonyl (C=O) groups excluding carboxylic acids is 1. The van der Waals surface area contributed by atoms with Gasteiger partial charge in [-0.1, -0.05) is 6.92 Å². The number of hydrogen-bond donors (Lipinski definition) is 0. The van der Waals surface area contributed by atoms with Gasteiger partial charge in [-0.05, 0) is 33.7 Å². The van der Waals surface area contributed by atoms with E-state index in [0.29, 0.717) is 32.9 Å². The Kier molecular flexibility index (Phi) is 11.0. The topological polar surface area (TPSA) is 48.0 Å². The van der Waals surface area contributed by atoms with Crippen molar-refractivity contribution in [3.63, 3.8) is 0 Å². The average Bonchev–Trinajstić information content (AvgIpc) is 2.30. The summed E-state index contributed by atoms with van der Waals surface area (Å²) in [4.78, 5) is 13.5. The van der Waals surface area contributed by atoms with Gasteiger partial charge in [-0.25, -0.2) is 0 Å². The van der Waals surface area contributed by atoms with Gasteiger partial charge in [0.1, 0.15) is 0 Å². The summed E-state index contributed by atoms with van der Waals surface area (Å²) in [7, 11) is 0. The second kappa shape index (κ2) is 11.4. The van der Waals surface area contributed by atoms with Gasteiger partial charge in [0.05, 0.1) is 19.7 Å². The molecule has 0 saturated carbocycles. The van der Waals surface area contributed by atoms with Gasteiger partial charge in [-0.3, -0.25) is 9.69 Å². The van der Waals surface area contributed by atoms with Crippen LogP contribution >= 0.6 is 0 Å². The van der Waals surface area contributed by atoms with E-state index >= 15 is 0 Å². The molecule has 0 aliphatic rings. The zero-order valence-electron chi connectivity index (χ0n) is 12.1. The smallest absolute Gasteiger partial charge is 0.320 e. The molecule has 0 aromatic heterocycles. The fourth-order valence-corrected chi connectivity index (χ4v) is 1.68. The maximum Gasteiger partial charge on any atom is 0.320 e. The van der Waals surface area contributed by atoms with Crippen molar-refractivity contribution in [2.45, 2.75) is 40.4 Å². The molecule has 0 saturated heterocycles. The second-order valence-electron chi connectivity index (χ2n) is 3.88. The minimum atomic E-state index is -0.277. The lowest BCUT2D eigenvalue weighted by Gasteiger charge is -2.26. The first kappa shape index (κ1) is 17.4. The summed E-state index contributed by atoms with van der Waals surface area (Å²) < 4.78 is 15.9. The monoisotopic (exact) mass is 261 g/mol. The highest BCUT2D eigenvalue weighted by Gasteiger charge is 2.17. The molecule has 108 valence electrons. The summed E-state index contributed by atoms with van der Waals surface area (Å²) in [5.74, 6) is -0.197. The van der Waals surface area contributed by atoms with Crippen molar-refractivity contribution in [2.75, 3.05) is 39.5 Å². The lowest BCUT2D eigenvalue weighted by molar-refractivity contribution is -0.155. The molecule has 0 heterocycles. The van der Waals surface area contributed by atoms with Gasteiger partial charge < -0.3 is 14.2 Å². The van der Waals surface area contributed by atoms with E-state index in [0.717, 1.165) is 13.0 Å². The Labute approximate surface area is 110 Å². The Hall–Kier alpha value is -0.650. The van der Waals surface area contributed by atoms with Crippen molar-refractivity contribution in [3.8, 4) is 0 Å². The lowest BCUT2D eigenvalue weighted by atomic mass is 10.4. The van der Waals surface area contributed by atoms with Crippen LogP contribution in [-0.4, -0.2) is 56.6 Å². The molecule has 0 aromatic rings. The molecule has 18 heavy (non-hydrogen) atoms. The van der Waals surface area contributed by atoms with Gasteiger partial charge in [0.25, 0.3) is 0 Å². The van der Waals surface area contributed by atoms with Gasteiger partial charge >= 0.3 is 5.97 Å². The Bertz CT molecular complexity index is 205. The average molecular weight is 261 g/mol. The second-order valence-corrected chi connectivity index (χ2v) is 3.88. The largest absolute Gasteiger partial charge is 0.465 e. The van der Waals surface area contributed by atoms with Crippen LogP contribution in [0.15, 0.2) is 0 Å². The maximum atomic E-state index is 11.5. The minimum absolute atomic E-state index is 0.197. The molecule has 0 aliphatic carbocycles. The highest BCUT2D eigenvalue weighted by Crippen LogP contribution is 2.02. The van der Waals surface area contributed by atoms with Crippen LogP contribution in [0, 0.1) is 0 Å². The standard InChI is InChI=1S/C13H27NO4/c1-5-9-14(10-12(15)16-6-2)11-13(17-7-3)18-8-4/h13H,5-11H2,1-4H3. The van der Waals surface area contributed by atoms with Crippen LogP contribution in [0.5, 0.6) is 0 Å². The van der Waals surface area contributed by atoms with E-state index < -0.39 is 0 Å². The van der Waals surface area contributed by atoms with Crippen LogP contribution in [0.25, 0.3) is 0 Å². The van der Waals surface area contributed by atoms with E-state index in [4.69, 9.17) is 14.2 Å². The van der Waals surface area contributed by atoms with Crippen molar-refractivity contribution < 1.29 is 19.0 Å². The molecular formula is C13H27NO4. The van der Waals surface area contributed by atoms with Crippen molar-refractivity contribution in [1.82, 2.24) is 4.90 Å². The van der Waals surface area contributed by atoms with Crippen LogP contribution in [0.2, 0.25) is 0 Å². The number of rotatable bonds is 11. The molecule has 0 fully saturated rings. The summed E-state index contributed by atoms with van der Waals surface area (Å²) in [5, 5.41) is 0. The van der Waals surface area contributed by atoms with Crippen molar-refractivity contribution in [3.05, 3.63) is 0 Å². The first-order valence-corrected chi connectivity index (χ1v) is 6.78. The maximum absolute atomic E-state index is 11.5. The number of esters is 1. The molecule has 0 atom stereocenters. The highest BCUT2D eigenvalue weighted by atomic mass is 16.7. The molecule has 0 aliphatic heterocycles. The Balaban J connectivity index is 4.24. The van der Waals surface area contributed by atoms with Crippen molar-refractivity contribution in [1.29, 1.82) is 0 Å². The molecule has 0 aromatic carbocycles. The molecule has 0 spiro atoms. The SMILES string of the molecule is CCCN(CC(=O)OCC)CC(OCC)OCC. The predicted molar refractivity (Wildman–Crippen MR) is 70.4 cm³/mol. The van der Waals surface area contributed by atoms with Crippen LogP contribution in [0.1, 0.15) is 34.1 Å². The van der Waals surface area contributed by atoms with Crippen LogP contribution < -0.4 is 0 Å². The van der Waals surface area contributed by atoms with E-state index in [2.05, 4.69) is 6.92 Å². The summed E-state index contributed by atoms with van der Waals surface area (Å²) in [6.07, 6.45) is 0.700. The van der Waals surface area contributed by atoms with E-state index in [1.54, 1.807) is 0 Å². The van der Waals surface area contributed by atoms with Gasteiger partial charge in [-0.15, -0.1) is 0 Å². The predicted octanol–water partition coefficient (Wildman–Crippen LogP) is 1.66. The van der Waals surface area contributed by atoms with Crippen LogP contribution in [0.4, 0.5) is 0 Å². The van der Waals surface area contributed by atoms with Crippen LogP contribution in [-0.2, 0) is 19.0 Å². The van der Waals surface area contributed by atoms with Gasteiger partial charge in [0.15, 0.2) is 6.29 Å². The van der Waals surface area contributed by atoms with Crippen molar-refractivity contribution >= 4 is 5.97 Å². The summed E-state index contributed by atoms with van der Waals surface area (Å²) in [6.45, 7) is 11.1. The third kappa shape index (κ3) is 8.44. The summed E-state index contributed by atoms with van der Waals surface area (Å²) in [6, 6.07) is 0. The van der Waals surface area contributed by atoms with E-state index in [-0.39, 0.29) is 12.3 Å². The zero-order valence-corrected chi connectivity index (χ0v) is 12.1. The van der Waals surface area contributed by atoms with Gasteiger partial charge in [-0.2, -0.15) is 0 Å². The van der Waals surface area contributed by atoms with E-state index in [1.165, 1.54) is 0 Å². The Morgan fingerprint density at radius 2 is 1.67 bits per heavy atom. The Morgan fingerprint density at radius 1 is 1.06 bits per heavy atom. The van der Waals surface area contributed by atoms with Gasteiger partial charge in [0, 0.05) is 13.2 Å². The van der Waals surface area contributed by atoms with Gasteiger partial charge in [0.2, 0.25) is 0 Å². The number of nitrogens with zero attached hydrogens (tertiary/aromatic N) is 1. The third-order valence-electron chi connectivity index (χ3n) is 2.31. The summed E-state index contributed by atoms with van der Waals surface area (Å²) in [5.41, 5.74) is 0. The number of hydrogen-bond acceptors (Lipinski definition) is 5. The summed E-state index contributed by atoms with van der Waals surface area (Å²) >= 11 is 0. The quantitative estimate of drug-likeness (QED) is 0.418. The molecule has 5 nitrogen and oxygen atoms in total. The molecule has 0 unspecified atom stereocenters. The minimum Gasteiger partial charge on any atom is -0.465 e. The number of carbonyl (C=O) groups is 1. The van der Waals surface area contributed by atoms with Crippen LogP contribution in [0.3, 0.4) is 0 Å². The fourth-order valence-electron chi connectivity index (χ4n) is 1.68. The van der Waals surface area contributed by atoms with Crippen molar-refractivity contribution in [2.24, 2.45) is 0 Å². The molecule has 0 rings (SSSR count). The number of ether oxygens (including phenoxy) is 3. The molecule has 0 radical (unpaired) electrons. The van der Waals surface area contributed by atoms with E-state index in [1.807, 2.05) is 25.7 Å². The third-order valence-corrected chi connectivity index (χ3v) is 2.31. The lowest BCUT2D eigenvalue weighted by Crippen LogP contribution is -2.39. The normalized spacial score (nSPS) is 11.2. The first-order valence-electron chi connectivity index (χ1n) is 6.78. The Morgan fingerprint density at radius 3 is 2.11 bits per heavy atom. The first-order chi connectivity index (χ1) is 8.67. The molecule has 0 bridgehead atoms.